The summed E-state index contributed by atoms with van der Waals surface area (Å²) in [7, 11) is 0. The third-order valence-corrected chi connectivity index (χ3v) is 5.14. The number of nitrogens with zero attached hydrogens (tertiary/aromatic N) is 2. The zero-order valence-electron chi connectivity index (χ0n) is 14.8. The van der Waals surface area contributed by atoms with Crippen LogP contribution in [0.2, 0.25) is 0 Å². The van der Waals surface area contributed by atoms with Crippen LogP contribution in [0.4, 0.5) is 16.2 Å². The highest BCUT2D eigenvalue weighted by Crippen LogP contribution is 2.28. The summed E-state index contributed by atoms with van der Waals surface area (Å²) in [6, 6.07) is 15.6. The van der Waals surface area contributed by atoms with Crippen molar-refractivity contribution in [3.05, 3.63) is 59.7 Å². The molecule has 0 atom stereocenters. The van der Waals surface area contributed by atoms with Crippen LogP contribution >= 0.6 is 0 Å². The third-order valence-electron chi connectivity index (χ3n) is 5.14. The van der Waals surface area contributed by atoms with Crippen LogP contribution in [0.25, 0.3) is 0 Å². The smallest absolute Gasteiger partial charge is 0.321 e. The molecule has 2 aromatic rings. The molecule has 2 aliphatic heterocycles. The maximum atomic E-state index is 12.7. The summed E-state index contributed by atoms with van der Waals surface area (Å²) < 4.78 is 0. The van der Waals surface area contributed by atoms with Crippen LogP contribution in [0.3, 0.4) is 0 Å². The van der Waals surface area contributed by atoms with E-state index in [4.69, 9.17) is 0 Å². The fraction of sp³-hybridized carbons (Fsp3) is 0.333. The summed E-state index contributed by atoms with van der Waals surface area (Å²) in [5.74, 6) is 0.115. The van der Waals surface area contributed by atoms with Gasteiger partial charge >= 0.3 is 6.03 Å². The number of carbonyl (C=O) groups excluding carboxylic acids is 2. The van der Waals surface area contributed by atoms with E-state index >= 15 is 0 Å². The van der Waals surface area contributed by atoms with E-state index in [0.29, 0.717) is 6.42 Å². The second kappa shape index (κ2) is 7.20. The van der Waals surface area contributed by atoms with E-state index in [1.807, 2.05) is 52.3 Å². The van der Waals surface area contributed by atoms with E-state index in [1.165, 1.54) is 5.56 Å². The number of urea groups is 1. The van der Waals surface area contributed by atoms with Crippen molar-refractivity contribution in [2.24, 2.45) is 0 Å². The average molecular weight is 349 g/mol. The molecule has 1 fully saturated rings. The van der Waals surface area contributed by atoms with E-state index < -0.39 is 0 Å². The number of para-hydroxylation sites is 1. The molecule has 0 radical (unpaired) electrons. The van der Waals surface area contributed by atoms with Crippen LogP contribution in [-0.4, -0.2) is 36.5 Å². The number of carbonyl (C=O) groups is 2. The Balaban J connectivity index is 1.37. The Bertz CT molecular complexity index is 810. The molecule has 0 saturated carbocycles. The highest BCUT2D eigenvalue weighted by molar-refractivity contribution is 5.96. The molecule has 1 N–H and O–H groups in total. The molecule has 26 heavy (non-hydrogen) atoms. The molecule has 2 aliphatic rings. The van der Waals surface area contributed by atoms with Gasteiger partial charge in [0.05, 0.1) is 6.42 Å². The third kappa shape index (κ3) is 3.43. The molecule has 0 spiro atoms. The van der Waals surface area contributed by atoms with Gasteiger partial charge in [-0.3, -0.25) is 4.79 Å². The summed E-state index contributed by atoms with van der Waals surface area (Å²) in [4.78, 5) is 28.5. The second-order valence-corrected chi connectivity index (χ2v) is 6.92. The largest absolute Gasteiger partial charge is 0.325 e. The maximum absolute atomic E-state index is 12.7. The zero-order chi connectivity index (χ0) is 17.9. The minimum Gasteiger partial charge on any atom is -0.325 e. The van der Waals surface area contributed by atoms with Crippen LogP contribution in [0.15, 0.2) is 48.5 Å². The van der Waals surface area contributed by atoms with Gasteiger partial charge < -0.3 is 15.1 Å². The number of benzene rings is 2. The van der Waals surface area contributed by atoms with Gasteiger partial charge in [0.15, 0.2) is 0 Å². The van der Waals surface area contributed by atoms with Crippen LogP contribution < -0.4 is 10.2 Å². The first kappa shape index (κ1) is 16.6. The minimum atomic E-state index is -0.0417. The summed E-state index contributed by atoms with van der Waals surface area (Å²) >= 11 is 0. The van der Waals surface area contributed by atoms with Crippen molar-refractivity contribution in [2.75, 3.05) is 29.9 Å². The van der Waals surface area contributed by atoms with Gasteiger partial charge in [0.1, 0.15) is 0 Å². The number of amides is 3. The molecule has 3 amide bonds. The fourth-order valence-corrected chi connectivity index (χ4v) is 3.70. The molecule has 0 aliphatic carbocycles. The van der Waals surface area contributed by atoms with Crippen LogP contribution in [0.1, 0.15) is 24.0 Å². The van der Waals surface area contributed by atoms with E-state index in [2.05, 4.69) is 11.4 Å². The van der Waals surface area contributed by atoms with E-state index in [0.717, 1.165) is 55.8 Å². The van der Waals surface area contributed by atoms with E-state index in [-0.39, 0.29) is 11.9 Å². The van der Waals surface area contributed by atoms with Gasteiger partial charge in [0.2, 0.25) is 5.91 Å². The van der Waals surface area contributed by atoms with Crippen LogP contribution in [0.5, 0.6) is 0 Å². The van der Waals surface area contributed by atoms with Crippen molar-refractivity contribution >= 4 is 23.3 Å². The lowest BCUT2D eigenvalue weighted by Crippen LogP contribution is -2.32. The average Bonchev–Trinajstić information content (AvgIpc) is 3.33. The highest BCUT2D eigenvalue weighted by atomic mass is 16.2. The normalized spacial score (nSPS) is 15.8. The second-order valence-electron chi connectivity index (χ2n) is 6.92. The molecule has 0 aromatic heterocycles. The van der Waals surface area contributed by atoms with Gasteiger partial charge in [0.25, 0.3) is 0 Å². The lowest BCUT2D eigenvalue weighted by atomic mass is 10.1. The Morgan fingerprint density at radius 3 is 2.42 bits per heavy atom. The number of rotatable bonds is 3. The van der Waals surface area contributed by atoms with Crippen molar-refractivity contribution in [1.29, 1.82) is 0 Å². The Hall–Kier alpha value is -2.82. The van der Waals surface area contributed by atoms with E-state index in [1.54, 1.807) is 0 Å². The molecule has 0 unspecified atom stereocenters. The van der Waals surface area contributed by atoms with Gasteiger partial charge in [-0.2, -0.15) is 0 Å². The van der Waals surface area contributed by atoms with Crippen molar-refractivity contribution in [3.8, 4) is 0 Å². The number of anilines is 2. The molecular weight excluding hydrogens is 326 g/mol. The monoisotopic (exact) mass is 349 g/mol. The standard InChI is InChI=1S/C21H23N3O2/c25-20(24-14-11-17-5-1-2-6-19(17)24)15-16-7-9-18(10-8-16)22-21(26)23-12-3-4-13-23/h1-2,5-10H,3-4,11-15H2,(H,22,26). The summed E-state index contributed by atoms with van der Waals surface area (Å²) in [6.45, 7) is 2.41. The van der Waals surface area contributed by atoms with Crippen molar-refractivity contribution < 1.29 is 9.59 Å². The van der Waals surface area contributed by atoms with E-state index in [9.17, 15) is 9.59 Å². The molecule has 5 nitrogen and oxygen atoms in total. The van der Waals surface area contributed by atoms with Crippen molar-refractivity contribution in [3.63, 3.8) is 0 Å². The SMILES string of the molecule is O=C(Nc1ccc(CC(=O)N2CCc3ccccc32)cc1)N1CCCC1. The number of hydrogen-bond acceptors (Lipinski definition) is 2. The first-order chi connectivity index (χ1) is 12.7. The molecule has 1 saturated heterocycles. The first-order valence-electron chi connectivity index (χ1n) is 9.24. The first-order valence-corrected chi connectivity index (χ1v) is 9.24. The maximum Gasteiger partial charge on any atom is 0.321 e. The zero-order valence-corrected chi connectivity index (χ0v) is 14.8. The number of fused-ring (bicyclic) bond motifs is 1. The van der Waals surface area contributed by atoms with Crippen LogP contribution in [0, 0.1) is 0 Å². The van der Waals surface area contributed by atoms with Gasteiger partial charge in [-0.25, -0.2) is 4.79 Å². The van der Waals surface area contributed by atoms with Gasteiger partial charge in [0, 0.05) is 31.0 Å². The fourth-order valence-electron chi connectivity index (χ4n) is 3.70. The predicted octanol–water partition coefficient (Wildman–Crippen LogP) is 3.45. The Morgan fingerprint density at radius 2 is 1.65 bits per heavy atom. The number of hydrogen-bond donors (Lipinski definition) is 1. The Kier molecular flexibility index (Phi) is 4.61. The van der Waals surface area contributed by atoms with Gasteiger partial charge in [-0.1, -0.05) is 30.3 Å². The summed E-state index contributed by atoms with van der Waals surface area (Å²) in [5.41, 5.74) is 4.00. The quantitative estimate of drug-likeness (QED) is 0.923. The molecule has 2 aromatic carbocycles. The highest BCUT2D eigenvalue weighted by Gasteiger charge is 2.24. The predicted molar refractivity (Wildman–Crippen MR) is 102 cm³/mol. The van der Waals surface area contributed by atoms with Crippen molar-refractivity contribution in [2.45, 2.75) is 25.7 Å². The number of nitrogens with one attached hydrogen (secondary N) is 1. The molecule has 0 bridgehead atoms. The topological polar surface area (TPSA) is 52.7 Å². The van der Waals surface area contributed by atoms with Gasteiger partial charge in [-0.05, 0) is 48.6 Å². The van der Waals surface area contributed by atoms with Gasteiger partial charge in [-0.15, -0.1) is 0 Å². The van der Waals surface area contributed by atoms with Crippen LogP contribution in [-0.2, 0) is 17.6 Å². The minimum absolute atomic E-state index is 0.0417. The molecule has 134 valence electrons. The summed E-state index contributed by atoms with van der Waals surface area (Å²) in [5, 5.41) is 2.92. The molecule has 4 rings (SSSR count). The lowest BCUT2D eigenvalue weighted by Gasteiger charge is -2.18. The molecule has 5 heteroatoms. The molecule has 2 heterocycles. The Morgan fingerprint density at radius 1 is 0.923 bits per heavy atom. The molecular formula is C21H23N3O2. The summed E-state index contributed by atoms with van der Waals surface area (Å²) in [6.07, 6.45) is 3.44. The van der Waals surface area contributed by atoms with Crippen molar-refractivity contribution in [1.82, 2.24) is 4.90 Å². The lowest BCUT2D eigenvalue weighted by molar-refractivity contribution is -0.117. The Labute approximate surface area is 153 Å². The number of likely N-dealkylation sites (tertiary alicyclic amines) is 1.